The van der Waals surface area contributed by atoms with Crippen molar-refractivity contribution in [3.05, 3.63) is 36.2 Å². The molecule has 3 aromatic rings. The Hall–Kier alpha value is -2.76. The highest BCUT2D eigenvalue weighted by molar-refractivity contribution is 7.89. The van der Waals surface area contributed by atoms with Gasteiger partial charge in [0.25, 0.3) is 0 Å². The molecule has 0 radical (unpaired) electrons. The van der Waals surface area contributed by atoms with E-state index in [1.54, 1.807) is 6.33 Å². The molecule has 0 aliphatic heterocycles. The zero-order chi connectivity index (χ0) is 27.1. The van der Waals surface area contributed by atoms with Gasteiger partial charge in [-0.15, -0.1) is 0 Å². The maximum absolute atomic E-state index is 12.3. The minimum absolute atomic E-state index is 0.207. The van der Waals surface area contributed by atoms with Crippen LogP contribution in [-0.4, -0.2) is 45.2 Å². The molecular weight excluding hydrogens is 502 g/mol. The van der Waals surface area contributed by atoms with E-state index >= 15 is 0 Å². The van der Waals surface area contributed by atoms with E-state index in [0.717, 1.165) is 75.7 Å². The number of fused-ring (bicyclic) bond motifs is 1. The van der Waals surface area contributed by atoms with Crippen molar-refractivity contribution >= 4 is 38.6 Å². The molecule has 2 aromatic heterocycles. The lowest BCUT2D eigenvalue weighted by Crippen LogP contribution is -2.29. The fourth-order valence-corrected chi connectivity index (χ4v) is 6.13. The lowest BCUT2D eigenvalue weighted by atomic mass is 9.93. The molecule has 0 saturated heterocycles. The SMILES string of the molecule is CCCCCCCC(c1ccc(Nc2nc(NC3CCC(O)CC3)nc3c2ncn3CC)cc1)S(N)(=O)=O. The summed E-state index contributed by atoms with van der Waals surface area (Å²) in [6.07, 6.45) is 10.6. The van der Waals surface area contributed by atoms with Crippen molar-refractivity contribution in [1.82, 2.24) is 19.5 Å². The van der Waals surface area contributed by atoms with Crippen molar-refractivity contribution in [3.63, 3.8) is 0 Å². The minimum atomic E-state index is -3.71. The Morgan fingerprint density at radius 1 is 1.05 bits per heavy atom. The van der Waals surface area contributed by atoms with E-state index < -0.39 is 15.3 Å². The number of anilines is 3. The van der Waals surface area contributed by atoms with Gasteiger partial charge in [-0.2, -0.15) is 9.97 Å². The second-order valence-electron chi connectivity index (χ2n) is 10.3. The van der Waals surface area contributed by atoms with E-state index in [2.05, 4.69) is 22.5 Å². The van der Waals surface area contributed by atoms with Crippen LogP contribution < -0.4 is 15.8 Å². The van der Waals surface area contributed by atoms with Crippen LogP contribution in [0.3, 0.4) is 0 Å². The molecule has 1 aliphatic rings. The molecule has 1 atom stereocenters. The number of benzene rings is 1. The van der Waals surface area contributed by atoms with E-state index in [4.69, 9.17) is 15.1 Å². The van der Waals surface area contributed by atoms with Gasteiger partial charge in [0.15, 0.2) is 17.0 Å². The number of hydrogen-bond acceptors (Lipinski definition) is 8. The first-order valence-electron chi connectivity index (χ1n) is 13.8. The number of aromatic nitrogens is 4. The van der Waals surface area contributed by atoms with Crippen LogP contribution >= 0.6 is 0 Å². The molecule has 1 aromatic carbocycles. The van der Waals surface area contributed by atoms with Gasteiger partial charge in [0.2, 0.25) is 16.0 Å². The van der Waals surface area contributed by atoms with E-state index in [1.807, 2.05) is 35.8 Å². The average molecular weight is 544 g/mol. The van der Waals surface area contributed by atoms with Crippen molar-refractivity contribution in [1.29, 1.82) is 0 Å². The first kappa shape index (κ1) is 28.3. The van der Waals surface area contributed by atoms with Gasteiger partial charge in [-0.25, -0.2) is 18.5 Å². The van der Waals surface area contributed by atoms with Crippen molar-refractivity contribution in [3.8, 4) is 0 Å². The van der Waals surface area contributed by atoms with E-state index in [1.165, 1.54) is 0 Å². The number of primary sulfonamides is 1. The Kier molecular flexibility index (Phi) is 9.56. The third-order valence-electron chi connectivity index (χ3n) is 7.35. The number of hydrogen-bond donors (Lipinski definition) is 4. The third kappa shape index (κ3) is 7.21. The van der Waals surface area contributed by atoms with Gasteiger partial charge in [-0.3, -0.25) is 0 Å². The Morgan fingerprint density at radius 3 is 2.42 bits per heavy atom. The van der Waals surface area contributed by atoms with Crippen LogP contribution in [0.1, 0.15) is 88.9 Å². The van der Waals surface area contributed by atoms with Gasteiger partial charge in [0.05, 0.1) is 12.4 Å². The predicted octanol–water partition coefficient (Wildman–Crippen LogP) is 5.00. The summed E-state index contributed by atoms with van der Waals surface area (Å²) < 4.78 is 26.6. The summed E-state index contributed by atoms with van der Waals surface area (Å²) in [5.41, 5.74) is 2.86. The molecule has 38 heavy (non-hydrogen) atoms. The third-order valence-corrected chi connectivity index (χ3v) is 8.65. The van der Waals surface area contributed by atoms with Gasteiger partial charge in [0.1, 0.15) is 5.25 Å². The second kappa shape index (κ2) is 12.9. The highest BCUT2D eigenvalue weighted by Gasteiger charge is 2.24. The van der Waals surface area contributed by atoms with Crippen LogP contribution in [0.5, 0.6) is 0 Å². The standard InChI is InChI=1S/C27H41N7O3S/c1-3-5-6-7-8-9-23(38(28,36)37)19-10-12-20(13-11-19)30-25-24-26(34(4-2)18-29-24)33-27(32-25)31-21-14-16-22(35)17-15-21/h10-13,18,21-23,35H,3-9,14-17H2,1-2H3,(H2,28,36,37)(H2,30,31,32,33). The van der Waals surface area contributed by atoms with Gasteiger partial charge in [-0.05, 0) is 56.7 Å². The Balaban J connectivity index is 1.53. The lowest BCUT2D eigenvalue weighted by molar-refractivity contribution is 0.126. The molecule has 0 bridgehead atoms. The predicted molar refractivity (Wildman–Crippen MR) is 152 cm³/mol. The van der Waals surface area contributed by atoms with Crippen molar-refractivity contribution in [2.45, 2.75) is 102 Å². The molecule has 5 N–H and O–H groups in total. The van der Waals surface area contributed by atoms with Crippen LogP contribution in [0, 0.1) is 0 Å². The second-order valence-corrected chi connectivity index (χ2v) is 12.0. The number of sulfonamides is 1. The Bertz CT molecular complexity index is 1290. The molecule has 208 valence electrons. The number of aliphatic hydroxyl groups is 1. The van der Waals surface area contributed by atoms with Crippen LogP contribution in [0.25, 0.3) is 11.2 Å². The summed E-state index contributed by atoms with van der Waals surface area (Å²) in [6.45, 7) is 4.92. The quantitative estimate of drug-likeness (QED) is 0.220. The summed E-state index contributed by atoms with van der Waals surface area (Å²) >= 11 is 0. The van der Waals surface area contributed by atoms with Crippen LogP contribution in [0.4, 0.5) is 17.5 Å². The number of nitrogens with two attached hydrogens (primary N) is 1. The molecular formula is C27H41N7O3S. The minimum Gasteiger partial charge on any atom is -0.393 e. The molecule has 0 spiro atoms. The number of nitrogens with one attached hydrogen (secondary N) is 2. The fraction of sp³-hybridized carbons (Fsp3) is 0.593. The number of nitrogens with zero attached hydrogens (tertiary/aromatic N) is 4. The monoisotopic (exact) mass is 543 g/mol. The molecule has 1 aliphatic carbocycles. The molecule has 2 heterocycles. The zero-order valence-corrected chi connectivity index (χ0v) is 23.3. The number of aliphatic hydroxyl groups excluding tert-OH is 1. The van der Waals surface area contributed by atoms with Crippen molar-refractivity contribution in [2.75, 3.05) is 10.6 Å². The van der Waals surface area contributed by atoms with Crippen LogP contribution in [-0.2, 0) is 16.6 Å². The van der Waals surface area contributed by atoms with Gasteiger partial charge >= 0.3 is 0 Å². The smallest absolute Gasteiger partial charge is 0.227 e. The van der Waals surface area contributed by atoms with Crippen LogP contribution in [0.15, 0.2) is 30.6 Å². The fourth-order valence-electron chi connectivity index (χ4n) is 5.10. The average Bonchev–Trinajstić information content (AvgIpc) is 3.31. The van der Waals surface area contributed by atoms with E-state index in [-0.39, 0.29) is 12.1 Å². The lowest BCUT2D eigenvalue weighted by Gasteiger charge is -2.26. The number of rotatable bonds is 13. The largest absolute Gasteiger partial charge is 0.393 e. The normalized spacial score (nSPS) is 18.9. The summed E-state index contributed by atoms with van der Waals surface area (Å²) in [6, 6.07) is 7.55. The van der Waals surface area contributed by atoms with Gasteiger partial charge in [0, 0.05) is 18.3 Å². The number of unbranched alkanes of at least 4 members (excludes halogenated alkanes) is 4. The highest BCUT2D eigenvalue weighted by atomic mass is 32.2. The van der Waals surface area contributed by atoms with Crippen molar-refractivity contribution < 1.29 is 13.5 Å². The topological polar surface area (TPSA) is 148 Å². The number of imidazole rings is 1. The maximum Gasteiger partial charge on any atom is 0.227 e. The summed E-state index contributed by atoms with van der Waals surface area (Å²) in [4.78, 5) is 14.0. The highest BCUT2D eigenvalue weighted by Crippen LogP contribution is 2.30. The Morgan fingerprint density at radius 2 is 1.76 bits per heavy atom. The summed E-state index contributed by atoms with van der Waals surface area (Å²) in [7, 11) is -3.71. The molecule has 0 amide bonds. The molecule has 1 fully saturated rings. The first-order chi connectivity index (χ1) is 18.3. The molecule has 4 rings (SSSR count). The van der Waals surface area contributed by atoms with Gasteiger partial charge < -0.3 is 20.3 Å². The Labute approximate surface area is 225 Å². The molecule has 1 saturated carbocycles. The van der Waals surface area contributed by atoms with E-state index in [0.29, 0.717) is 29.3 Å². The first-order valence-corrected chi connectivity index (χ1v) is 15.5. The zero-order valence-electron chi connectivity index (χ0n) is 22.4. The summed E-state index contributed by atoms with van der Waals surface area (Å²) in [5.74, 6) is 1.10. The molecule has 10 nitrogen and oxygen atoms in total. The molecule has 11 heteroatoms. The maximum atomic E-state index is 12.3. The van der Waals surface area contributed by atoms with Gasteiger partial charge in [-0.1, -0.05) is 51.2 Å². The van der Waals surface area contributed by atoms with Crippen molar-refractivity contribution in [2.24, 2.45) is 5.14 Å². The van der Waals surface area contributed by atoms with Crippen LogP contribution in [0.2, 0.25) is 0 Å². The number of aryl methyl sites for hydroxylation is 1. The molecule has 1 unspecified atom stereocenters. The van der Waals surface area contributed by atoms with E-state index in [9.17, 15) is 13.5 Å². The summed E-state index contributed by atoms with van der Waals surface area (Å²) in [5, 5.41) is 21.5.